The molecule has 0 fully saturated rings. The molecule has 0 bridgehead atoms. The first kappa shape index (κ1) is 17.2. The van der Waals surface area contributed by atoms with Crippen molar-refractivity contribution in [1.82, 2.24) is 5.32 Å². The summed E-state index contributed by atoms with van der Waals surface area (Å²) in [6.45, 7) is 1.28. The van der Waals surface area contributed by atoms with Crippen LogP contribution in [0, 0.1) is 0 Å². The number of rotatable bonds is 6. The first-order valence-corrected chi connectivity index (χ1v) is 7.95. The lowest BCUT2D eigenvalue weighted by atomic mass is 10.2. The van der Waals surface area contributed by atoms with Crippen LogP contribution < -0.4 is 5.32 Å². The summed E-state index contributed by atoms with van der Waals surface area (Å²) in [5.74, 6) is -1.18. The second kappa shape index (κ2) is 7.89. The van der Waals surface area contributed by atoms with Crippen LogP contribution in [0.4, 0.5) is 0 Å². The zero-order valence-corrected chi connectivity index (χ0v) is 13.9. The van der Waals surface area contributed by atoms with E-state index in [9.17, 15) is 14.4 Å². The molecule has 0 atom stereocenters. The average Bonchev–Trinajstić information content (AvgIpc) is 3.02. The molecule has 0 unspecified atom stereocenters. The highest BCUT2D eigenvalue weighted by atomic mass is 35.5. The van der Waals surface area contributed by atoms with E-state index in [0.29, 0.717) is 9.90 Å². The molecule has 0 saturated heterocycles. The first-order valence-electron chi connectivity index (χ1n) is 6.75. The molecule has 1 heterocycles. The highest BCUT2D eigenvalue weighted by molar-refractivity contribution is 7.15. The minimum Gasteiger partial charge on any atom is -0.451 e. The summed E-state index contributed by atoms with van der Waals surface area (Å²) in [7, 11) is 0. The van der Waals surface area contributed by atoms with Gasteiger partial charge in [0.25, 0.3) is 5.91 Å². The predicted molar refractivity (Wildman–Crippen MR) is 87.9 cm³/mol. The molecule has 7 heteroatoms. The van der Waals surface area contributed by atoms with Crippen LogP contribution >= 0.6 is 22.9 Å². The molecule has 0 aliphatic carbocycles. The molecule has 0 aliphatic heterocycles. The van der Waals surface area contributed by atoms with Gasteiger partial charge in [-0.05, 0) is 30.7 Å². The standard InChI is InChI=1S/C16H14ClNO4S/c1-10(19)13-6-7-14(23-13)16(21)22-9-15(20)18-8-11-4-2-3-5-12(11)17/h2-7H,8-9H2,1H3,(H,18,20). The molecular weight excluding hydrogens is 338 g/mol. The number of hydrogen-bond acceptors (Lipinski definition) is 5. The van der Waals surface area contributed by atoms with E-state index in [0.717, 1.165) is 16.9 Å². The van der Waals surface area contributed by atoms with E-state index in [2.05, 4.69) is 5.32 Å². The largest absolute Gasteiger partial charge is 0.451 e. The molecular formula is C16H14ClNO4S. The smallest absolute Gasteiger partial charge is 0.348 e. The van der Waals surface area contributed by atoms with Crippen LogP contribution in [0.3, 0.4) is 0 Å². The number of hydrogen-bond donors (Lipinski definition) is 1. The number of thiophene rings is 1. The summed E-state index contributed by atoms with van der Waals surface area (Å²) in [5.41, 5.74) is 0.776. The summed E-state index contributed by atoms with van der Waals surface area (Å²) in [4.78, 5) is 35.4. The number of halogens is 1. The lowest BCUT2D eigenvalue weighted by Gasteiger charge is -2.07. The van der Waals surface area contributed by atoms with Crippen molar-refractivity contribution >= 4 is 40.6 Å². The van der Waals surface area contributed by atoms with Crippen LogP contribution in [-0.4, -0.2) is 24.3 Å². The molecule has 1 amide bonds. The molecule has 23 heavy (non-hydrogen) atoms. The number of benzene rings is 1. The molecule has 1 aromatic heterocycles. The Kier molecular flexibility index (Phi) is 5.90. The molecule has 0 aliphatic rings. The van der Waals surface area contributed by atoms with Crippen molar-refractivity contribution in [2.24, 2.45) is 0 Å². The van der Waals surface area contributed by atoms with E-state index in [1.54, 1.807) is 24.3 Å². The van der Waals surface area contributed by atoms with Crippen LogP contribution in [-0.2, 0) is 16.1 Å². The summed E-state index contributed by atoms with van der Waals surface area (Å²) in [6.07, 6.45) is 0. The Balaban J connectivity index is 1.80. The third-order valence-electron chi connectivity index (χ3n) is 2.92. The van der Waals surface area contributed by atoms with E-state index >= 15 is 0 Å². The van der Waals surface area contributed by atoms with Crippen LogP contribution in [0.1, 0.15) is 31.8 Å². The molecule has 0 radical (unpaired) electrons. The van der Waals surface area contributed by atoms with Crippen LogP contribution in [0.15, 0.2) is 36.4 Å². The van der Waals surface area contributed by atoms with Crippen molar-refractivity contribution in [2.75, 3.05) is 6.61 Å². The number of ketones is 1. The summed E-state index contributed by atoms with van der Waals surface area (Å²) in [6, 6.07) is 10.2. The number of Topliss-reactive ketones (excluding diaryl/α,β-unsaturated/α-hetero) is 1. The number of esters is 1. The molecule has 5 nitrogen and oxygen atoms in total. The van der Waals surface area contributed by atoms with Gasteiger partial charge < -0.3 is 10.1 Å². The SMILES string of the molecule is CC(=O)c1ccc(C(=O)OCC(=O)NCc2ccccc2Cl)s1. The van der Waals surface area contributed by atoms with Crippen LogP contribution in [0.2, 0.25) is 5.02 Å². The number of amides is 1. The van der Waals surface area contributed by atoms with E-state index in [1.165, 1.54) is 13.0 Å². The third-order valence-corrected chi connectivity index (χ3v) is 4.46. The van der Waals surface area contributed by atoms with E-state index < -0.39 is 18.5 Å². The Morgan fingerprint density at radius 2 is 1.83 bits per heavy atom. The maximum atomic E-state index is 11.8. The zero-order valence-electron chi connectivity index (χ0n) is 12.3. The maximum absolute atomic E-state index is 11.8. The van der Waals surface area contributed by atoms with Gasteiger partial charge in [-0.3, -0.25) is 9.59 Å². The molecule has 0 saturated carbocycles. The van der Waals surface area contributed by atoms with Crippen molar-refractivity contribution in [1.29, 1.82) is 0 Å². The van der Waals surface area contributed by atoms with E-state index in [4.69, 9.17) is 16.3 Å². The molecule has 120 valence electrons. The monoisotopic (exact) mass is 351 g/mol. The summed E-state index contributed by atoms with van der Waals surface area (Å²) in [5, 5.41) is 3.17. The van der Waals surface area contributed by atoms with Gasteiger partial charge in [-0.2, -0.15) is 0 Å². The minimum absolute atomic E-state index is 0.119. The van der Waals surface area contributed by atoms with Crippen molar-refractivity contribution in [3.8, 4) is 0 Å². The van der Waals surface area contributed by atoms with Crippen LogP contribution in [0.5, 0.6) is 0 Å². The van der Waals surface area contributed by atoms with E-state index in [1.807, 2.05) is 6.07 Å². The van der Waals surface area contributed by atoms with Gasteiger partial charge in [0.15, 0.2) is 12.4 Å². The van der Waals surface area contributed by atoms with Gasteiger partial charge in [-0.25, -0.2) is 4.79 Å². The second-order valence-electron chi connectivity index (χ2n) is 4.66. The van der Waals surface area contributed by atoms with Gasteiger partial charge in [0, 0.05) is 11.6 Å². The predicted octanol–water partition coefficient (Wildman–Crippen LogP) is 3.08. The van der Waals surface area contributed by atoms with Crippen molar-refractivity contribution in [2.45, 2.75) is 13.5 Å². The van der Waals surface area contributed by atoms with Gasteiger partial charge >= 0.3 is 5.97 Å². The second-order valence-corrected chi connectivity index (χ2v) is 6.16. The van der Waals surface area contributed by atoms with Gasteiger partial charge in [-0.1, -0.05) is 29.8 Å². The number of carbonyl (C=O) groups is 3. The van der Waals surface area contributed by atoms with Crippen LogP contribution in [0.25, 0.3) is 0 Å². The van der Waals surface area contributed by atoms with Crippen molar-refractivity contribution in [3.63, 3.8) is 0 Å². The summed E-state index contributed by atoms with van der Waals surface area (Å²) >= 11 is 7.02. The summed E-state index contributed by atoms with van der Waals surface area (Å²) < 4.78 is 4.92. The Labute approximate surface area is 142 Å². The number of ether oxygens (including phenoxy) is 1. The Bertz CT molecular complexity index is 741. The van der Waals surface area contributed by atoms with Gasteiger partial charge in [0.05, 0.1) is 4.88 Å². The van der Waals surface area contributed by atoms with Gasteiger partial charge in [0.1, 0.15) is 4.88 Å². The number of nitrogens with one attached hydrogen (secondary N) is 1. The molecule has 2 aromatic rings. The third kappa shape index (κ3) is 4.91. The van der Waals surface area contributed by atoms with E-state index in [-0.39, 0.29) is 17.2 Å². The highest BCUT2D eigenvalue weighted by Gasteiger charge is 2.14. The quantitative estimate of drug-likeness (QED) is 0.641. The maximum Gasteiger partial charge on any atom is 0.348 e. The lowest BCUT2D eigenvalue weighted by molar-refractivity contribution is -0.124. The van der Waals surface area contributed by atoms with Crippen molar-refractivity contribution < 1.29 is 19.1 Å². The molecule has 1 N–H and O–H groups in total. The van der Waals surface area contributed by atoms with Crippen molar-refractivity contribution in [3.05, 3.63) is 56.7 Å². The lowest BCUT2D eigenvalue weighted by Crippen LogP contribution is -2.28. The highest BCUT2D eigenvalue weighted by Crippen LogP contribution is 2.18. The molecule has 2 rings (SSSR count). The zero-order chi connectivity index (χ0) is 16.8. The normalized spacial score (nSPS) is 10.2. The Morgan fingerprint density at radius 3 is 2.48 bits per heavy atom. The fourth-order valence-corrected chi connectivity index (χ4v) is 2.72. The topological polar surface area (TPSA) is 72.5 Å². The first-order chi connectivity index (χ1) is 11.0. The Hall–Kier alpha value is -2.18. The minimum atomic E-state index is -0.629. The Morgan fingerprint density at radius 1 is 1.13 bits per heavy atom. The fraction of sp³-hybridized carbons (Fsp3) is 0.188. The van der Waals surface area contributed by atoms with Gasteiger partial charge in [0.2, 0.25) is 0 Å². The molecule has 0 spiro atoms. The average molecular weight is 352 g/mol. The van der Waals surface area contributed by atoms with Gasteiger partial charge in [-0.15, -0.1) is 11.3 Å². The molecule has 1 aromatic carbocycles. The number of carbonyl (C=O) groups excluding carboxylic acids is 3. The fourth-order valence-electron chi connectivity index (χ4n) is 1.73.